The summed E-state index contributed by atoms with van der Waals surface area (Å²) in [6, 6.07) is 6.36. The maximum atomic E-state index is 12.9. The minimum atomic E-state index is 0.111. The molecule has 3 rings (SSSR count). The van der Waals surface area contributed by atoms with E-state index in [0.29, 0.717) is 12.0 Å². The van der Waals surface area contributed by atoms with Gasteiger partial charge >= 0.3 is 0 Å². The molecule has 1 aromatic rings. The van der Waals surface area contributed by atoms with Gasteiger partial charge in [-0.05, 0) is 25.8 Å². The van der Waals surface area contributed by atoms with Crippen molar-refractivity contribution >= 4 is 5.91 Å². The highest BCUT2D eigenvalue weighted by Gasteiger charge is 2.33. The normalized spacial score (nSPS) is 25.3. The van der Waals surface area contributed by atoms with Crippen LogP contribution in [-0.4, -0.2) is 30.0 Å². The van der Waals surface area contributed by atoms with Crippen molar-refractivity contribution in [1.29, 1.82) is 0 Å². The molecule has 1 aliphatic carbocycles. The van der Waals surface area contributed by atoms with E-state index >= 15 is 0 Å². The van der Waals surface area contributed by atoms with Crippen LogP contribution in [0.15, 0.2) is 18.2 Å². The Hall–Kier alpha value is -1.51. The van der Waals surface area contributed by atoms with Gasteiger partial charge in [0.1, 0.15) is 11.9 Å². The van der Waals surface area contributed by atoms with Crippen molar-refractivity contribution in [3.05, 3.63) is 29.3 Å². The molecule has 0 radical (unpaired) electrons. The number of ether oxygens (including phenoxy) is 1. The number of amides is 1. The molecule has 3 nitrogen and oxygen atoms in total. The number of rotatable bonds is 2. The zero-order chi connectivity index (χ0) is 15.0. The molecule has 114 valence electrons. The molecule has 0 unspecified atom stereocenters. The largest absolute Gasteiger partial charge is 0.489 e. The van der Waals surface area contributed by atoms with Crippen LogP contribution in [0.3, 0.4) is 0 Å². The molecule has 2 atom stereocenters. The topological polar surface area (TPSA) is 29.5 Å². The molecular formula is C18H25NO2. The molecule has 1 aromatic carbocycles. The first kappa shape index (κ1) is 14.4. The molecular weight excluding hydrogens is 262 g/mol. The highest BCUT2D eigenvalue weighted by molar-refractivity contribution is 5.97. The Morgan fingerprint density at radius 2 is 1.90 bits per heavy atom. The van der Waals surface area contributed by atoms with Crippen LogP contribution in [0.25, 0.3) is 0 Å². The van der Waals surface area contributed by atoms with Gasteiger partial charge in [0.15, 0.2) is 0 Å². The van der Waals surface area contributed by atoms with Crippen molar-refractivity contribution in [2.24, 2.45) is 0 Å². The van der Waals surface area contributed by atoms with Crippen LogP contribution in [0.5, 0.6) is 5.75 Å². The van der Waals surface area contributed by atoms with E-state index in [0.717, 1.165) is 24.2 Å². The van der Waals surface area contributed by atoms with Gasteiger partial charge in [0.25, 0.3) is 5.91 Å². The number of carbonyl (C=O) groups excluding carboxylic acids is 1. The van der Waals surface area contributed by atoms with Gasteiger partial charge in [-0.1, -0.05) is 38.3 Å². The van der Waals surface area contributed by atoms with Crippen LogP contribution in [-0.2, 0) is 0 Å². The van der Waals surface area contributed by atoms with Gasteiger partial charge in [-0.15, -0.1) is 0 Å². The maximum Gasteiger partial charge on any atom is 0.257 e. The second-order valence-electron chi connectivity index (χ2n) is 6.54. The number of hydrogen-bond acceptors (Lipinski definition) is 2. The van der Waals surface area contributed by atoms with E-state index < -0.39 is 0 Å². The van der Waals surface area contributed by atoms with Crippen LogP contribution in [0.4, 0.5) is 0 Å². The Morgan fingerprint density at radius 3 is 2.62 bits per heavy atom. The van der Waals surface area contributed by atoms with Gasteiger partial charge in [0.05, 0.1) is 5.56 Å². The van der Waals surface area contributed by atoms with E-state index in [2.05, 4.69) is 19.9 Å². The molecule has 2 aliphatic rings. The summed E-state index contributed by atoms with van der Waals surface area (Å²) in [5.41, 5.74) is 1.90. The number of nitrogens with zero attached hydrogens (tertiary/aromatic N) is 1. The number of para-hydroxylation sites is 1. The average molecular weight is 287 g/mol. The molecule has 1 heterocycles. The van der Waals surface area contributed by atoms with Gasteiger partial charge in [-0.2, -0.15) is 0 Å². The van der Waals surface area contributed by atoms with Crippen molar-refractivity contribution < 1.29 is 9.53 Å². The Bertz CT molecular complexity index is 534. The highest BCUT2D eigenvalue weighted by atomic mass is 16.5. The summed E-state index contributed by atoms with van der Waals surface area (Å²) in [7, 11) is 1.94. The molecule has 0 bridgehead atoms. The average Bonchev–Trinajstić information content (AvgIpc) is 2.82. The first-order valence-corrected chi connectivity index (χ1v) is 8.16. The SMILES string of the molecule is C[C@H]1Oc2c(C(=O)N(C)C3CCCCC3)cccc2[C@@H]1C. The molecule has 0 spiro atoms. The van der Waals surface area contributed by atoms with E-state index in [1.54, 1.807) is 0 Å². The summed E-state index contributed by atoms with van der Waals surface area (Å²) in [6.07, 6.45) is 6.18. The predicted molar refractivity (Wildman–Crippen MR) is 83.9 cm³/mol. The van der Waals surface area contributed by atoms with Crippen molar-refractivity contribution in [2.45, 2.75) is 64.0 Å². The third-order valence-electron chi connectivity index (χ3n) is 5.22. The van der Waals surface area contributed by atoms with Gasteiger partial charge in [-0.3, -0.25) is 4.79 Å². The lowest BCUT2D eigenvalue weighted by Crippen LogP contribution is -2.38. The van der Waals surface area contributed by atoms with Crippen molar-refractivity contribution in [2.75, 3.05) is 7.05 Å². The van der Waals surface area contributed by atoms with Crippen LogP contribution in [0.1, 0.15) is 67.8 Å². The van der Waals surface area contributed by atoms with E-state index in [9.17, 15) is 4.79 Å². The minimum absolute atomic E-state index is 0.111. The molecule has 1 amide bonds. The summed E-state index contributed by atoms with van der Waals surface area (Å²) in [5.74, 6) is 1.28. The second kappa shape index (κ2) is 5.70. The quantitative estimate of drug-likeness (QED) is 0.823. The zero-order valence-corrected chi connectivity index (χ0v) is 13.3. The Labute approximate surface area is 127 Å². The first-order chi connectivity index (χ1) is 10.1. The Kier molecular flexibility index (Phi) is 3.92. The summed E-state index contributed by atoms with van der Waals surface area (Å²) >= 11 is 0. The predicted octanol–water partition coefficient (Wildman–Crippen LogP) is 3.98. The fourth-order valence-corrected chi connectivity index (χ4v) is 3.58. The fourth-order valence-electron chi connectivity index (χ4n) is 3.58. The molecule has 1 saturated carbocycles. The summed E-state index contributed by atoms with van der Waals surface area (Å²) < 4.78 is 5.96. The van der Waals surface area contributed by atoms with Crippen molar-refractivity contribution in [3.8, 4) is 5.75 Å². The number of hydrogen-bond donors (Lipinski definition) is 0. The van der Waals surface area contributed by atoms with Gasteiger partial charge in [0, 0.05) is 24.6 Å². The van der Waals surface area contributed by atoms with Crippen LogP contribution < -0.4 is 4.74 Å². The Balaban J connectivity index is 1.86. The summed E-state index contributed by atoms with van der Waals surface area (Å²) in [5, 5.41) is 0. The van der Waals surface area contributed by atoms with E-state index in [-0.39, 0.29) is 12.0 Å². The van der Waals surface area contributed by atoms with E-state index in [1.165, 1.54) is 24.8 Å². The molecule has 3 heteroatoms. The first-order valence-electron chi connectivity index (χ1n) is 8.16. The van der Waals surface area contributed by atoms with Crippen LogP contribution >= 0.6 is 0 Å². The lowest BCUT2D eigenvalue weighted by atomic mass is 9.93. The molecule has 0 aromatic heterocycles. The molecule has 0 N–H and O–H groups in total. The summed E-state index contributed by atoms with van der Waals surface area (Å²) in [6.45, 7) is 4.24. The molecule has 21 heavy (non-hydrogen) atoms. The van der Waals surface area contributed by atoms with Crippen molar-refractivity contribution in [1.82, 2.24) is 4.90 Å². The fraction of sp³-hybridized carbons (Fsp3) is 0.611. The van der Waals surface area contributed by atoms with Crippen molar-refractivity contribution in [3.63, 3.8) is 0 Å². The maximum absolute atomic E-state index is 12.9. The molecule has 1 aliphatic heterocycles. The van der Waals surface area contributed by atoms with E-state index in [4.69, 9.17) is 4.74 Å². The smallest absolute Gasteiger partial charge is 0.257 e. The number of benzene rings is 1. The van der Waals surface area contributed by atoms with E-state index in [1.807, 2.05) is 24.1 Å². The highest BCUT2D eigenvalue weighted by Crippen LogP contribution is 2.40. The number of fused-ring (bicyclic) bond motifs is 1. The zero-order valence-electron chi connectivity index (χ0n) is 13.3. The standard InChI is InChI=1S/C18H25NO2/c1-12-13(2)21-17-15(12)10-7-11-16(17)18(20)19(3)14-8-5-4-6-9-14/h7,10-14H,4-6,8-9H2,1-3H3/t12-,13-/m1/s1. The number of carbonyl (C=O) groups is 1. The minimum Gasteiger partial charge on any atom is -0.489 e. The Morgan fingerprint density at radius 1 is 1.19 bits per heavy atom. The monoisotopic (exact) mass is 287 g/mol. The van der Waals surface area contributed by atoms with Gasteiger partial charge < -0.3 is 9.64 Å². The van der Waals surface area contributed by atoms with Gasteiger partial charge in [-0.25, -0.2) is 0 Å². The molecule has 1 fully saturated rings. The van der Waals surface area contributed by atoms with Crippen LogP contribution in [0, 0.1) is 0 Å². The third kappa shape index (κ3) is 2.54. The lowest BCUT2D eigenvalue weighted by molar-refractivity contribution is 0.0691. The van der Waals surface area contributed by atoms with Gasteiger partial charge in [0.2, 0.25) is 0 Å². The summed E-state index contributed by atoms with van der Waals surface area (Å²) in [4.78, 5) is 14.8. The lowest BCUT2D eigenvalue weighted by Gasteiger charge is -2.31. The second-order valence-corrected chi connectivity index (χ2v) is 6.54. The molecule has 0 saturated heterocycles. The van der Waals surface area contributed by atoms with Crippen LogP contribution in [0.2, 0.25) is 0 Å². The third-order valence-corrected chi connectivity index (χ3v) is 5.22.